The van der Waals surface area contributed by atoms with Crippen molar-refractivity contribution < 1.29 is 4.74 Å². The number of pyridine rings is 1. The maximum absolute atomic E-state index is 6.19. The predicted molar refractivity (Wildman–Crippen MR) is 87.7 cm³/mol. The molecule has 0 aliphatic heterocycles. The molecule has 1 N–H and O–H groups in total. The molecular weight excluding hydrogens is 286 g/mol. The van der Waals surface area contributed by atoms with Gasteiger partial charge in [-0.15, -0.1) is 0 Å². The molecule has 1 aromatic carbocycles. The topological polar surface area (TPSA) is 37.4 Å². The van der Waals surface area contributed by atoms with E-state index in [1.54, 1.807) is 13.3 Å². The van der Waals surface area contributed by atoms with Crippen LogP contribution in [0.5, 0.6) is 5.75 Å². The molecule has 0 aliphatic carbocycles. The summed E-state index contributed by atoms with van der Waals surface area (Å²) >= 11 is 6.19. The number of rotatable bonds is 6. The Kier molecular flexibility index (Phi) is 5.42. The smallest absolute Gasteiger partial charge is 0.133 e. The van der Waals surface area contributed by atoms with Crippen molar-refractivity contribution in [3.63, 3.8) is 0 Å². The van der Waals surface area contributed by atoms with Crippen LogP contribution in [0.3, 0.4) is 0 Å². The van der Waals surface area contributed by atoms with Gasteiger partial charge < -0.3 is 15.0 Å². The Balaban J connectivity index is 2.27. The van der Waals surface area contributed by atoms with E-state index < -0.39 is 0 Å². The average Bonchev–Trinajstić information content (AvgIpc) is 2.53. The fourth-order valence-electron chi connectivity index (χ4n) is 2.00. The lowest BCUT2D eigenvalue weighted by Crippen LogP contribution is -2.15. The summed E-state index contributed by atoms with van der Waals surface area (Å²) in [7, 11) is 3.64. The highest BCUT2D eigenvalue weighted by Crippen LogP contribution is 2.27. The minimum atomic E-state index is 0.679. The zero-order chi connectivity index (χ0) is 15.2. The number of halogens is 1. The van der Waals surface area contributed by atoms with Crippen LogP contribution in [-0.4, -0.2) is 25.7 Å². The van der Waals surface area contributed by atoms with Gasteiger partial charge in [0.1, 0.15) is 11.6 Å². The van der Waals surface area contributed by atoms with Crippen molar-refractivity contribution in [2.45, 2.75) is 13.5 Å². The quantitative estimate of drug-likeness (QED) is 0.884. The summed E-state index contributed by atoms with van der Waals surface area (Å²) in [4.78, 5) is 6.41. The molecule has 2 rings (SSSR count). The van der Waals surface area contributed by atoms with Crippen LogP contribution in [0.1, 0.15) is 12.5 Å². The predicted octanol–water partition coefficient (Wildman–Crippen LogP) is 3.62. The number of benzene rings is 1. The summed E-state index contributed by atoms with van der Waals surface area (Å²) in [5, 5.41) is 3.96. The second-order valence-electron chi connectivity index (χ2n) is 4.67. The Labute approximate surface area is 130 Å². The third kappa shape index (κ3) is 3.86. The van der Waals surface area contributed by atoms with Crippen molar-refractivity contribution in [2.75, 3.05) is 25.6 Å². The van der Waals surface area contributed by atoms with Crippen LogP contribution >= 0.6 is 11.6 Å². The molecule has 21 heavy (non-hydrogen) atoms. The number of aromatic nitrogens is 1. The van der Waals surface area contributed by atoms with E-state index >= 15 is 0 Å². The van der Waals surface area contributed by atoms with E-state index in [1.807, 2.05) is 42.3 Å². The molecule has 0 aliphatic rings. The molecule has 0 atom stereocenters. The van der Waals surface area contributed by atoms with E-state index in [1.165, 1.54) is 0 Å². The fraction of sp³-hybridized carbons (Fsp3) is 0.312. The zero-order valence-electron chi connectivity index (χ0n) is 12.6. The fourth-order valence-corrected chi connectivity index (χ4v) is 2.17. The largest absolute Gasteiger partial charge is 0.497 e. The van der Waals surface area contributed by atoms with Gasteiger partial charge in [-0.25, -0.2) is 4.98 Å². The molecule has 0 amide bonds. The van der Waals surface area contributed by atoms with Gasteiger partial charge in [0.25, 0.3) is 0 Å². The highest BCUT2D eigenvalue weighted by Gasteiger charge is 2.09. The normalized spacial score (nSPS) is 10.5. The van der Waals surface area contributed by atoms with Gasteiger partial charge in [0, 0.05) is 31.5 Å². The molecule has 0 saturated heterocycles. The van der Waals surface area contributed by atoms with E-state index in [0.717, 1.165) is 35.9 Å². The van der Waals surface area contributed by atoms with Crippen molar-refractivity contribution in [3.05, 3.63) is 47.1 Å². The van der Waals surface area contributed by atoms with Crippen LogP contribution in [0, 0.1) is 0 Å². The van der Waals surface area contributed by atoms with Crippen LogP contribution in [0.4, 0.5) is 11.5 Å². The van der Waals surface area contributed by atoms with Gasteiger partial charge in [0.05, 0.1) is 12.1 Å². The highest BCUT2D eigenvalue weighted by molar-refractivity contribution is 6.31. The van der Waals surface area contributed by atoms with Gasteiger partial charge in [-0.3, -0.25) is 0 Å². The SMILES string of the molecule is CCNCc1cc(N(C)c2cccc(OC)c2)ncc1Cl. The molecule has 1 aromatic heterocycles. The van der Waals surface area contributed by atoms with Crippen molar-refractivity contribution in [1.29, 1.82) is 0 Å². The van der Waals surface area contributed by atoms with Crippen molar-refractivity contribution in [1.82, 2.24) is 10.3 Å². The van der Waals surface area contributed by atoms with Gasteiger partial charge >= 0.3 is 0 Å². The number of nitrogens with zero attached hydrogens (tertiary/aromatic N) is 2. The standard InChI is InChI=1S/C16H20ClN3O/c1-4-18-10-12-8-16(19-11-15(12)17)20(2)13-6-5-7-14(9-13)21-3/h5-9,11,18H,4,10H2,1-3H3. The molecule has 112 valence electrons. The molecule has 0 radical (unpaired) electrons. The Morgan fingerprint density at radius 1 is 1.33 bits per heavy atom. The summed E-state index contributed by atoms with van der Waals surface area (Å²) in [6.45, 7) is 3.70. The van der Waals surface area contributed by atoms with Crippen LogP contribution in [-0.2, 0) is 6.54 Å². The molecular formula is C16H20ClN3O. The minimum absolute atomic E-state index is 0.679. The summed E-state index contributed by atoms with van der Waals surface area (Å²) in [5.41, 5.74) is 2.05. The monoisotopic (exact) mass is 305 g/mol. The van der Waals surface area contributed by atoms with Gasteiger partial charge in [0.15, 0.2) is 0 Å². The van der Waals surface area contributed by atoms with Crippen LogP contribution < -0.4 is 15.0 Å². The average molecular weight is 306 g/mol. The highest BCUT2D eigenvalue weighted by atomic mass is 35.5. The molecule has 0 spiro atoms. The van der Waals surface area contributed by atoms with Crippen LogP contribution in [0.15, 0.2) is 36.5 Å². The van der Waals surface area contributed by atoms with Gasteiger partial charge in [0.2, 0.25) is 0 Å². The number of methoxy groups -OCH3 is 1. The molecule has 2 aromatic rings. The number of hydrogen-bond acceptors (Lipinski definition) is 4. The molecule has 0 saturated carbocycles. The number of ether oxygens (including phenoxy) is 1. The van der Waals surface area contributed by atoms with E-state index in [4.69, 9.17) is 16.3 Å². The van der Waals surface area contributed by atoms with Crippen LogP contribution in [0.25, 0.3) is 0 Å². The molecule has 1 heterocycles. The summed E-state index contributed by atoms with van der Waals surface area (Å²) in [5.74, 6) is 1.67. The first-order chi connectivity index (χ1) is 10.2. The van der Waals surface area contributed by atoms with Gasteiger partial charge in [-0.05, 0) is 30.3 Å². The van der Waals surface area contributed by atoms with Crippen molar-refractivity contribution >= 4 is 23.1 Å². The van der Waals surface area contributed by atoms with Crippen molar-refractivity contribution in [2.24, 2.45) is 0 Å². The van der Waals surface area contributed by atoms with Gasteiger partial charge in [-0.2, -0.15) is 0 Å². The van der Waals surface area contributed by atoms with Crippen molar-refractivity contribution in [3.8, 4) is 5.75 Å². The first kappa shape index (κ1) is 15.6. The van der Waals surface area contributed by atoms with Gasteiger partial charge in [-0.1, -0.05) is 24.6 Å². The Hall–Kier alpha value is -1.78. The van der Waals surface area contributed by atoms with E-state index in [0.29, 0.717) is 5.02 Å². The Morgan fingerprint density at radius 3 is 2.86 bits per heavy atom. The molecule has 0 unspecified atom stereocenters. The third-order valence-electron chi connectivity index (χ3n) is 3.27. The lowest BCUT2D eigenvalue weighted by Gasteiger charge is -2.20. The first-order valence-electron chi connectivity index (χ1n) is 6.88. The van der Waals surface area contributed by atoms with E-state index in [-0.39, 0.29) is 0 Å². The Bertz CT molecular complexity index is 604. The Morgan fingerprint density at radius 2 is 2.14 bits per heavy atom. The molecule has 5 heteroatoms. The van der Waals surface area contributed by atoms with E-state index in [2.05, 4.69) is 17.2 Å². The molecule has 4 nitrogen and oxygen atoms in total. The lowest BCUT2D eigenvalue weighted by molar-refractivity contribution is 0.415. The zero-order valence-corrected chi connectivity index (χ0v) is 13.3. The number of anilines is 2. The second-order valence-corrected chi connectivity index (χ2v) is 5.08. The molecule has 0 fully saturated rings. The maximum Gasteiger partial charge on any atom is 0.133 e. The summed E-state index contributed by atoms with van der Waals surface area (Å²) < 4.78 is 5.26. The minimum Gasteiger partial charge on any atom is -0.497 e. The molecule has 0 bridgehead atoms. The first-order valence-corrected chi connectivity index (χ1v) is 7.26. The van der Waals surface area contributed by atoms with Crippen LogP contribution in [0.2, 0.25) is 5.02 Å². The maximum atomic E-state index is 6.19. The third-order valence-corrected chi connectivity index (χ3v) is 3.61. The second kappa shape index (κ2) is 7.29. The summed E-state index contributed by atoms with van der Waals surface area (Å²) in [6.07, 6.45) is 1.69. The number of nitrogens with one attached hydrogen (secondary N) is 1. The summed E-state index contributed by atoms with van der Waals surface area (Å²) in [6, 6.07) is 9.87. The number of hydrogen-bond donors (Lipinski definition) is 1. The van der Waals surface area contributed by atoms with E-state index in [9.17, 15) is 0 Å². The lowest BCUT2D eigenvalue weighted by atomic mass is 10.2.